The molecule has 0 saturated carbocycles. The normalized spacial score (nSPS) is 17.0. The van der Waals surface area contributed by atoms with E-state index < -0.39 is 33.6 Å². The molecule has 182 valence electrons. The molecule has 3 aromatic rings. The molecule has 34 heavy (non-hydrogen) atoms. The average molecular weight is 513 g/mol. The van der Waals surface area contributed by atoms with Gasteiger partial charge in [0, 0.05) is 24.0 Å². The molecule has 1 atom stereocenters. The topological polar surface area (TPSA) is 67.9 Å². The third-order valence-electron chi connectivity index (χ3n) is 5.38. The smallest absolute Gasteiger partial charge is 0.419 e. The summed E-state index contributed by atoms with van der Waals surface area (Å²) in [6.07, 6.45) is -4.44. The number of sulfonamides is 1. The molecule has 0 amide bonds. The van der Waals surface area contributed by atoms with Gasteiger partial charge in [-0.3, -0.25) is 4.72 Å². The maximum absolute atomic E-state index is 13.5. The molecule has 2 aromatic carbocycles. The maximum atomic E-state index is 13.5. The van der Waals surface area contributed by atoms with E-state index in [1.165, 1.54) is 6.07 Å². The van der Waals surface area contributed by atoms with Crippen LogP contribution in [0.2, 0.25) is 0 Å². The van der Waals surface area contributed by atoms with Crippen LogP contribution in [-0.4, -0.2) is 46.7 Å². The Balaban J connectivity index is 1.59. The van der Waals surface area contributed by atoms with E-state index in [-0.39, 0.29) is 9.90 Å². The number of ether oxygens (including phenoxy) is 2. The summed E-state index contributed by atoms with van der Waals surface area (Å²) in [6.45, 7) is 1.21. The molecule has 1 aliphatic rings. The molecule has 1 N–H and O–H groups in total. The minimum atomic E-state index is -4.63. The fourth-order valence-corrected chi connectivity index (χ4v) is 6.04. The number of hydrogen-bond acceptors (Lipinski definition) is 6. The molecule has 1 aromatic heterocycles. The summed E-state index contributed by atoms with van der Waals surface area (Å²) in [5.41, 5.74) is -0.162. The average Bonchev–Trinajstić information content (AvgIpc) is 3.43. The van der Waals surface area contributed by atoms with Crippen molar-refractivity contribution in [1.29, 1.82) is 0 Å². The number of rotatable bonds is 7. The van der Waals surface area contributed by atoms with Gasteiger partial charge in [-0.15, -0.1) is 11.3 Å². The molecule has 2 heterocycles. The Morgan fingerprint density at radius 1 is 1.12 bits per heavy atom. The number of nitrogens with zero attached hydrogens (tertiary/aromatic N) is 1. The van der Waals surface area contributed by atoms with Gasteiger partial charge in [-0.1, -0.05) is 12.1 Å². The van der Waals surface area contributed by atoms with Crippen LogP contribution in [0.25, 0.3) is 10.4 Å². The first-order valence-corrected chi connectivity index (χ1v) is 12.7. The van der Waals surface area contributed by atoms with Gasteiger partial charge in [-0.25, -0.2) is 8.42 Å². The van der Waals surface area contributed by atoms with Crippen LogP contribution in [0.15, 0.2) is 58.8 Å². The number of likely N-dealkylation sites (N-methyl/N-ethyl adjacent to an activating group) is 1. The molecule has 0 radical (unpaired) electrons. The SMILES string of the molecule is COc1cccc(-c2ccc(S(=O)(=O)Nc3ccc(C(F)(F)F)c(OC4CCN(C)C4)c3)s2)c1. The highest BCUT2D eigenvalue weighted by Gasteiger charge is 2.36. The second kappa shape index (κ2) is 9.47. The second-order valence-electron chi connectivity index (χ2n) is 7.96. The zero-order valence-corrected chi connectivity index (χ0v) is 20.1. The van der Waals surface area contributed by atoms with Crippen LogP contribution in [0.4, 0.5) is 18.9 Å². The summed E-state index contributed by atoms with van der Waals surface area (Å²) in [4.78, 5) is 2.67. The van der Waals surface area contributed by atoms with Crippen LogP contribution in [0, 0.1) is 0 Å². The summed E-state index contributed by atoms with van der Waals surface area (Å²) in [5.74, 6) is 0.246. The van der Waals surface area contributed by atoms with Gasteiger partial charge in [0.2, 0.25) is 0 Å². The number of nitrogens with one attached hydrogen (secondary N) is 1. The van der Waals surface area contributed by atoms with E-state index >= 15 is 0 Å². The Morgan fingerprint density at radius 2 is 1.91 bits per heavy atom. The highest BCUT2D eigenvalue weighted by molar-refractivity contribution is 7.94. The third-order valence-corrected chi connectivity index (χ3v) is 8.39. The first kappa shape index (κ1) is 24.4. The summed E-state index contributed by atoms with van der Waals surface area (Å²) in [6, 6.07) is 13.3. The van der Waals surface area contributed by atoms with Crippen LogP contribution >= 0.6 is 11.3 Å². The van der Waals surface area contributed by atoms with E-state index in [1.54, 1.807) is 31.4 Å². The highest BCUT2D eigenvalue weighted by atomic mass is 32.2. The van der Waals surface area contributed by atoms with Crippen molar-refractivity contribution in [3.05, 3.63) is 60.2 Å². The molecule has 6 nitrogen and oxygen atoms in total. The van der Waals surface area contributed by atoms with Crippen LogP contribution in [-0.2, 0) is 16.2 Å². The number of benzene rings is 2. The van der Waals surface area contributed by atoms with Crippen molar-refractivity contribution in [2.75, 3.05) is 32.0 Å². The fraction of sp³-hybridized carbons (Fsp3) is 0.304. The molecule has 1 aliphatic heterocycles. The predicted molar refractivity (Wildman–Crippen MR) is 125 cm³/mol. The Hall–Kier alpha value is -2.76. The lowest BCUT2D eigenvalue weighted by atomic mass is 10.1. The van der Waals surface area contributed by atoms with Gasteiger partial charge in [-0.05, 0) is 55.4 Å². The number of halogens is 3. The predicted octanol–water partition coefficient (Wildman–Crippen LogP) is 5.33. The lowest BCUT2D eigenvalue weighted by Crippen LogP contribution is -2.23. The Labute approximate surface area is 200 Å². The summed E-state index contributed by atoms with van der Waals surface area (Å²) >= 11 is 1.05. The molecular weight excluding hydrogens is 489 g/mol. The van der Waals surface area contributed by atoms with Crippen LogP contribution < -0.4 is 14.2 Å². The number of alkyl halides is 3. The number of anilines is 1. The Morgan fingerprint density at radius 3 is 2.59 bits per heavy atom. The maximum Gasteiger partial charge on any atom is 0.419 e. The fourth-order valence-electron chi connectivity index (χ4n) is 3.69. The molecule has 0 spiro atoms. The summed E-state index contributed by atoms with van der Waals surface area (Å²) in [5, 5.41) is 0. The first-order chi connectivity index (χ1) is 16.0. The third kappa shape index (κ3) is 5.48. The van der Waals surface area contributed by atoms with E-state index in [2.05, 4.69) is 4.72 Å². The number of methoxy groups -OCH3 is 1. The van der Waals surface area contributed by atoms with Gasteiger partial charge in [-0.2, -0.15) is 13.2 Å². The molecule has 4 rings (SSSR count). The van der Waals surface area contributed by atoms with Gasteiger partial charge >= 0.3 is 6.18 Å². The van der Waals surface area contributed by atoms with Gasteiger partial charge in [0.1, 0.15) is 21.8 Å². The first-order valence-electron chi connectivity index (χ1n) is 10.4. The zero-order chi connectivity index (χ0) is 24.5. The van der Waals surface area contributed by atoms with Crippen molar-refractivity contribution >= 4 is 27.0 Å². The van der Waals surface area contributed by atoms with E-state index in [0.29, 0.717) is 30.1 Å². The van der Waals surface area contributed by atoms with E-state index in [4.69, 9.17) is 9.47 Å². The minimum absolute atomic E-state index is 0.00863. The van der Waals surface area contributed by atoms with Gasteiger partial charge < -0.3 is 14.4 Å². The number of hydrogen-bond donors (Lipinski definition) is 1. The van der Waals surface area contributed by atoms with Crippen molar-refractivity contribution in [3.8, 4) is 21.9 Å². The molecule has 1 saturated heterocycles. The second-order valence-corrected chi connectivity index (χ2v) is 10.9. The van der Waals surface area contributed by atoms with Crippen molar-refractivity contribution in [2.45, 2.75) is 22.9 Å². The summed E-state index contributed by atoms with van der Waals surface area (Å²) < 4.78 is 79.7. The molecule has 0 bridgehead atoms. The largest absolute Gasteiger partial charge is 0.497 e. The lowest BCUT2D eigenvalue weighted by molar-refractivity contribution is -0.139. The zero-order valence-electron chi connectivity index (χ0n) is 18.4. The van der Waals surface area contributed by atoms with Gasteiger partial charge in [0.25, 0.3) is 10.0 Å². The molecular formula is C23H23F3N2O4S2. The quantitative estimate of drug-likeness (QED) is 0.464. The van der Waals surface area contributed by atoms with Crippen molar-refractivity contribution in [2.24, 2.45) is 0 Å². The number of likely N-dealkylation sites (tertiary alicyclic amines) is 1. The van der Waals surface area contributed by atoms with E-state index in [0.717, 1.165) is 35.1 Å². The van der Waals surface area contributed by atoms with Crippen LogP contribution in [0.1, 0.15) is 12.0 Å². The van der Waals surface area contributed by atoms with Crippen LogP contribution in [0.3, 0.4) is 0 Å². The minimum Gasteiger partial charge on any atom is -0.497 e. The highest BCUT2D eigenvalue weighted by Crippen LogP contribution is 2.39. The van der Waals surface area contributed by atoms with Gasteiger partial charge in [0.15, 0.2) is 0 Å². The summed E-state index contributed by atoms with van der Waals surface area (Å²) in [7, 11) is -0.623. The molecule has 0 aliphatic carbocycles. The standard InChI is InChI=1S/C23H23F3N2O4S2/c1-28-11-10-18(14-28)32-20-13-16(6-7-19(20)23(24,25)26)27-34(29,30)22-9-8-21(33-22)15-4-3-5-17(12-15)31-2/h3-9,12-13,18,27H,10-11,14H2,1-2H3. The number of thiophene rings is 1. The van der Waals surface area contributed by atoms with Gasteiger partial charge in [0.05, 0.1) is 18.4 Å². The van der Waals surface area contributed by atoms with Crippen LogP contribution in [0.5, 0.6) is 11.5 Å². The lowest BCUT2D eigenvalue weighted by Gasteiger charge is -2.19. The monoisotopic (exact) mass is 512 g/mol. The van der Waals surface area contributed by atoms with Crippen molar-refractivity contribution in [1.82, 2.24) is 4.90 Å². The Bertz CT molecular complexity index is 1280. The van der Waals surface area contributed by atoms with Crippen molar-refractivity contribution in [3.63, 3.8) is 0 Å². The van der Waals surface area contributed by atoms with E-state index in [1.807, 2.05) is 18.0 Å². The molecule has 1 unspecified atom stereocenters. The molecule has 1 fully saturated rings. The Kier molecular flexibility index (Phi) is 6.79. The molecule has 11 heteroatoms. The van der Waals surface area contributed by atoms with Crippen molar-refractivity contribution < 1.29 is 31.1 Å². The van der Waals surface area contributed by atoms with E-state index in [9.17, 15) is 21.6 Å².